The van der Waals surface area contributed by atoms with E-state index in [1.807, 2.05) is 50.2 Å². The maximum atomic E-state index is 5.64. The summed E-state index contributed by atoms with van der Waals surface area (Å²) in [6, 6.07) is 3.99. The van der Waals surface area contributed by atoms with E-state index in [1.54, 1.807) is 13.3 Å². The minimum atomic E-state index is 0.556. The van der Waals surface area contributed by atoms with E-state index in [0.717, 1.165) is 57.4 Å². The number of fused-ring (bicyclic) bond motifs is 1. The van der Waals surface area contributed by atoms with Crippen molar-refractivity contribution in [3.8, 4) is 17.0 Å². The number of pyridine rings is 2. The van der Waals surface area contributed by atoms with Gasteiger partial charge in [0.05, 0.1) is 36.5 Å². The summed E-state index contributed by atoms with van der Waals surface area (Å²) in [6.07, 6.45) is 5.47. The first kappa shape index (κ1) is 18.9. The van der Waals surface area contributed by atoms with E-state index in [2.05, 4.69) is 36.9 Å². The van der Waals surface area contributed by atoms with Gasteiger partial charge in [-0.3, -0.25) is 9.67 Å². The van der Waals surface area contributed by atoms with E-state index in [1.165, 1.54) is 0 Å². The van der Waals surface area contributed by atoms with Crippen LogP contribution in [-0.2, 0) is 20.1 Å². The predicted molar refractivity (Wildman–Crippen MR) is 113 cm³/mol. The topological polar surface area (TPSA) is 82.7 Å². The van der Waals surface area contributed by atoms with Crippen molar-refractivity contribution in [3.05, 3.63) is 47.8 Å². The third-order valence-corrected chi connectivity index (χ3v) is 5.24. The molecule has 1 N–H and O–H groups in total. The number of aryl methyl sites for hydroxylation is 3. The van der Waals surface area contributed by atoms with Gasteiger partial charge in [0, 0.05) is 55.3 Å². The van der Waals surface area contributed by atoms with Crippen LogP contribution in [0.5, 0.6) is 5.75 Å². The molecule has 0 amide bonds. The van der Waals surface area contributed by atoms with Crippen LogP contribution < -0.4 is 10.1 Å². The minimum Gasteiger partial charge on any atom is -0.496 e. The molecular weight excluding hydrogens is 366 g/mol. The van der Waals surface area contributed by atoms with Crippen molar-refractivity contribution < 1.29 is 4.74 Å². The van der Waals surface area contributed by atoms with Gasteiger partial charge in [-0.1, -0.05) is 0 Å². The van der Waals surface area contributed by atoms with Crippen LogP contribution in [0.3, 0.4) is 0 Å². The highest BCUT2D eigenvalue weighted by Crippen LogP contribution is 2.29. The molecule has 8 heteroatoms. The molecule has 0 atom stereocenters. The molecule has 0 aliphatic rings. The second kappa shape index (κ2) is 7.54. The lowest BCUT2D eigenvalue weighted by Gasteiger charge is -2.12. The molecule has 0 aliphatic carbocycles. The Morgan fingerprint density at radius 2 is 1.93 bits per heavy atom. The van der Waals surface area contributed by atoms with Gasteiger partial charge in [0.2, 0.25) is 0 Å². The molecule has 4 heterocycles. The Morgan fingerprint density at radius 3 is 2.62 bits per heavy atom. The zero-order valence-electron chi connectivity index (χ0n) is 17.4. The quantitative estimate of drug-likeness (QED) is 0.542. The van der Waals surface area contributed by atoms with Gasteiger partial charge in [-0.2, -0.15) is 5.10 Å². The number of nitrogens with zero attached hydrogens (tertiary/aromatic N) is 6. The number of ether oxygens (including phenoxy) is 1. The molecular formula is C21H25N7O. The summed E-state index contributed by atoms with van der Waals surface area (Å²) in [4.78, 5) is 13.5. The summed E-state index contributed by atoms with van der Waals surface area (Å²) < 4.78 is 9.60. The predicted octanol–water partition coefficient (Wildman–Crippen LogP) is 3.48. The molecule has 0 unspecified atom stereocenters. The fourth-order valence-corrected chi connectivity index (χ4v) is 3.56. The molecule has 0 spiro atoms. The first-order chi connectivity index (χ1) is 14.0. The Labute approximate surface area is 169 Å². The Kier molecular flexibility index (Phi) is 4.92. The van der Waals surface area contributed by atoms with Crippen LogP contribution in [0.1, 0.15) is 23.9 Å². The standard InChI is InChI=1S/C21H25N7O/c1-6-28-12-25-17-11-24-20(8-18(17)28)23-10-15-9-22-16(7-19(15)29-5)21-13(2)26-27(4)14(21)3/h7-9,11-12H,6,10H2,1-5H3,(H,23,24). The highest BCUT2D eigenvalue weighted by molar-refractivity contribution is 5.77. The number of hydrogen-bond donors (Lipinski definition) is 1. The van der Waals surface area contributed by atoms with Gasteiger partial charge in [0.1, 0.15) is 17.1 Å². The maximum absolute atomic E-state index is 5.64. The molecule has 0 aromatic carbocycles. The summed E-state index contributed by atoms with van der Waals surface area (Å²) in [7, 11) is 3.62. The van der Waals surface area contributed by atoms with Crippen molar-refractivity contribution in [2.45, 2.75) is 33.9 Å². The van der Waals surface area contributed by atoms with Crippen LogP contribution in [0.15, 0.2) is 30.9 Å². The monoisotopic (exact) mass is 391 g/mol. The van der Waals surface area contributed by atoms with Crippen LogP contribution in [0.4, 0.5) is 5.82 Å². The number of anilines is 1. The second-order valence-electron chi connectivity index (χ2n) is 6.99. The summed E-state index contributed by atoms with van der Waals surface area (Å²) in [5.74, 6) is 1.57. The highest BCUT2D eigenvalue weighted by Gasteiger charge is 2.15. The Morgan fingerprint density at radius 1 is 1.10 bits per heavy atom. The first-order valence-corrected chi connectivity index (χ1v) is 9.60. The number of imidazole rings is 1. The Balaban J connectivity index is 1.59. The number of aromatic nitrogens is 6. The molecule has 29 heavy (non-hydrogen) atoms. The Bertz CT molecular complexity index is 1180. The second-order valence-corrected chi connectivity index (χ2v) is 6.99. The lowest BCUT2D eigenvalue weighted by Crippen LogP contribution is -2.05. The van der Waals surface area contributed by atoms with Gasteiger partial charge >= 0.3 is 0 Å². The molecule has 0 fully saturated rings. The molecule has 0 aliphatic heterocycles. The van der Waals surface area contributed by atoms with E-state index in [9.17, 15) is 0 Å². The molecule has 150 valence electrons. The van der Waals surface area contributed by atoms with Gasteiger partial charge in [-0.05, 0) is 20.8 Å². The number of rotatable bonds is 6. The van der Waals surface area contributed by atoms with Gasteiger partial charge in [-0.25, -0.2) is 9.97 Å². The maximum Gasteiger partial charge on any atom is 0.128 e. The minimum absolute atomic E-state index is 0.556. The summed E-state index contributed by atoms with van der Waals surface area (Å²) >= 11 is 0. The highest BCUT2D eigenvalue weighted by atomic mass is 16.5. The van der Waals surface area contributed by atoms with Crippen LogP contribution in [-0.4, -0.2) is 36.4 Å². The molecule has 0 saturated heterocycles. The van der Waals surface area contributed by atoms with Crippen LogP contribution in [0, 0.1) is 13.8 Å². The van der Waals surface area contributed by atoms with Crippen molar-refractivity contribution >= 4 is 16.9 Å². The van der Waals surface area contributed by atoms with E-state index >= 15 is 0 Å². The van der Waals surface area contributed by atoms with Crippen molar-refractivity contribution in [2.24, 2.45) is 7.05 Å². The lowest BCUT2D eigenvalue weighted by molar-refractivity contribution is 0.410. The lowest BCUT2D eigenvalue weighted by atomic mass is 10.1. The third kappa shape index (κ3) is 3.41. The molecule has 0 bridgehead atoms. The molecule has 8 nitrogen and oxygen atoms in total. The molecule has 4 aromatic heterocycles. The zero-order valence-corrected chi connectivity index (χ0v) is 17.4. The number of hydrogen-bond acceptors (Lipinski definition) is 6. The van der Waals surface area contributed by atoms with E-state index in [0.29, 0.717) is 6.54 Å². The van der Waals surface area contributed by atoms with Crippen molar-refractivity contribution in [1.29, 1.82) is 0 Å². The van der Waals surface area contributed by atoms with Gasteiger partial charge in [0.15, 0.2) is 0 Å². The van der Waals surface area contributed by atoms with E-state index < -0.39 is 0 Å². The number of methoxy groups -OCH3 is 1. The van der Waals surface area contributed by atoms with Crippen LogP contribution >= 0.6 is 0 Å². The fourth-order valence-electron chi connectivity index (χ4n) is 3.56. The number of nitrogens with one attached hydrogen (secondary N) is 1. The normalized spacial score (nSPS) is 11.2. The summed E-state index contributed by atoms with van der Waals surface area (Å²) in [5.41, 5.74) is 6.85. The average molecular weight is 391 g/mol. The molecule has 4 rings (SSSR count). The summed E-state index contributed by atoms with van der Waals surface area (Å²) in [6.45, 7) is 7.56. The van der Waals surface area contributed by atoms with E-state index in [4.69, 9.17) is 4.74 Å². The molecule has 0 radical (unpaired) electrons. The SMILES string of the molecule is CCn1cnc2cnc(NCc3cnc(-c4c(C)nn(C)c4C)cc3OC)cc21. The van der Waals surface area contributed by atoms with E-state index in [-0.39, 0.29) is 0 Å². The van der Waals surface area contributed by atoms with Gasteiger partial charge in [0.25, 0.3) is 0 Å². The smallest absolute Gasteiger partial charge is 0.128 e. The largest absolute Gasteiger partial charge is 0.496 e. The van der Waals surface area contributed by atoms with Crippen molar-refractivity contribution in [1.82, 2.24) is 29.3 Å². The Hall–Kier alpha value is -3.42. The van der Waals surface area contributed by atoms with Gasteiger partial charge < -0.3 is 14.6 Å². The fraction of sp³-hybridized carbons (Fsp3) is 0.333. The van der Waals surface area contributed by atoms with Gasteiger partial charge in [-0.15, -0.1) is 0 Å². The molecule has 0 saturated carbocycles. The third-order valence-electron chi connectivity index (χ3n) is 5.24. The molecule has 4 aromatic rings. The zero-order chi connectivity index (χ0) is 20.5. The van der Waals surface area contributed by atoms with Crippen molar-refractivity contribution in [3.63, 3.8) is 0 Å². The first-order valence-electron chi connectivity index (χ1n) is 9.60. The van der Waals surface area contributed by atoms with Crippen LogP contribution in [0.25, 0.3) is 22.3 Å². The van der Waals surface area contributed by atoms with Crippen LogP contribution in [0.2, 0.25) is 0 Å². The average Bonchev–Trinajstić information content (AvgIpc) is 3.25. The summed E-state index contributed by atoms with van der Waals surface area (Å²) in [5, 5.41) is 7.85. The van der Waals surface area contributed by atoms with Crippen molar-refractivity contribution in [2.75, 3.05) is 12.4 Å².